The Morgan fingerprint density at radius 1 is 1.00 bits per heavy atom. The van der Waals surface area contributed by atoms with E-state index >= 15 is 0 Å². The summed E-state index contributed by atoms with van der Waals surface area (Å²) in [5, 5.41) is 5.95. The van der Waals surface area contributed by atoms with E-state index < -0.39 is 67.4 Å². The highest BCUT2D eigenvalue weighted by Crippen LogP contribution is 2.31. The zero-order valence-corrected chi connectivity index (χ0v) is 27.9. The molecule has 0 aliphatic carbocycles. The monoisotopic (exact) mass is 669 g/mol. The van der Waals surface area contributed by atoms with E-state index in [-0.39, 0.29) is 18.0 Å². The lowest BCUT2D eigenvalue weighted by Gasteiger charge is -2.38. The molecule has 5 N–H and O–H groups in total. The minimum Gasteiger partial charge on any atom is -0.404 e. The van der Waals surface area contributed by atoms with Gasteiger partial charge in [0.1, 0.15) is 6.04 Å². The van der Waals surface area contributed by atoms with Gasteiger partial charge >= 0.3 is 6.36 Å². The number of carbonyl (C=O) groups excluding carboxylic acids is 3. The molecule has 0 fully saturated rings. The Morgan fingerprint density at radius 2 is 1.59 bits per heavy atom. The van der Waals surface area contributed by atoms with Gasteiger partial charge in [-0.1, -0.05) is 71.0 Å². The summed E-state index contributed by atoms with van der Waals surface area (Å²) in [6.45, 7) is 10.4. The van der Waals surface area contributed by atoms with Crippen molar-refractivity contribution in [2.75, 3.05) is 26.4 Å². The fourth-order valence-electron chi connectivity index (χ4n) is 4.56. The standard InChI is InChI=1S/C31H42F3N5O6S/c1-19(26(40)38-46(43,44)21-14-15-22(35)23(18-21)45-31(32,33)34)16-17-39(8)28(42)25(29(2,3)4)37-27(41)24(36-7)30(5,6)20-12-10-9-11-13-20/h9-16,18,24-25,36H,17,35H2,1-8H3,(H,37,41)(H,38,40)/b19-16+/t24-,25?/m1/s1. The van der Waals surface area contributed by atoms with Crippen LogP contribution in [0.4, 0.5) is 18.9 Å². The zero-order valence-electron chi connectivity index (χ0n) is 27.1. The molecule has 11 nitrogen and oxygen atoms in total. The van der Waals surface area contributed by atoms with Gasteiger partial charge in [0, 0.05) is 30.6 Å². The normalized spacial score (nSPS) is 14.2. The fraction of sp³-hybridized carbons (Fsp3) is 0.452. The highest BCUT2D eigenvalue weighted by Gasteiger charge is 2.40. The molecule has 0 spiro atoms. The molecule has 0 saturated carbocycles. The molecule has 1 unspecified atom stereocenters. The van der Waals surface area contributed by atoms with Crippen molar-refractivity contribution in [3.8, 4) is 5.75 Å². The average molecular weight is 670 g/mol. The lowest BCUT2D eigenvalue weighted by molar-refractivity contribution is -0.274. The summed E-state index contributed by atoms with van der Waals surface area (Å²) < 4.78 is 68.9. The van der Waals surface area contributed by atoms with Crippen LogP contribution in [-0.4, -0.2) is 70.1 Å². The molecule has 15 heteroatoms. The molecule has 2 rings (SSSR count). The maximum absolute atomic E-state index is 13.6. The van der Waals surface area contributed by atoms with Crippen LogP contribution < -0.4 is 25.8 Å². The number of likely N-dealkylation sites (N-methyl/N-ethyl adjacent to an activating group) is 2. The van der Waals surface area contributed by atoms with E-state index in [1.807, 2.05) is 44.2 Å². The molecule has 2 atom stereocenters. The van der Waals surface area contributed by atoms with Crippen LogP contribution >= 0.6 is 0 Å². The van der Waals surface area contributed by atoms with E-state index in [2.05, 4.69) is 15.4 Å². The second-order valence-corrected chi connectivity index (χ2v) is 14.1. The molecule has 0 aliphatic heterocycles. The first kappa shape index (κ1) is 38.1. The molecule has 2 aromatic carbocycles. The van der Waals surface area contributed by atoms with Crippen LogP contribution in [0, 0.1) is 5.41 Å². The molecule has 0 heterocycles. The Bertz CT molecular complexity index is 1550. The van der Waals surface area contributed by atoms with Crippen LogP contribution in [0.3, 0.4) is 0 Å². The molecular formula is C31H42F3N5O6S. The largest absolute Gasteiger partial charge is 0.573 e. The third kappa shape index (κ3) is 9.94. The summed E-state index contributed by atoms with van der Waals surface area (Å²) >= 11 is 0. The predicted molar refractivity (Wildman–Crippen MR) is 168 cm³/mol. The molecular weight excluding hydrogens is 627 g/mol. The number of hydrogen-bond acceptors (Lipinski definition) is 8. The van der Waals surface area contributed by atoms with Crippen LogP contribution in [0.5, 0.6) is 5.75 Å². The Kier molecular flexibility index (Phi) is 12.0. The van der Waals surface area contributed by atoms with E-state index in [0.29, 0.717) is 6.07 Å². The van der Waals surface area contributed by atoms with E-state index in [1.165, 1.54) is 24.9 Å². The van der Waals surface area contributed by atoms with E-state index in [1.54, 1.807) is 32.5 Å². The summed E-state index contributed by atoms with van der Waals surface area (Å²) in [4.78, 5) is 40.4. The summed E-state index contributed by atoms with van der Waals surface area (Å²) in [5.41, 5.74) is 4.46. The minimum absolute atomic E-state index is 0.0957. The van der Waals surface area contributed by atoms with Gasteiger partial charge in [-0.2, -0.15) is 0 Å². The third-order valence-electron chi connectivity index (χ3n) is 7.34. The topological polar surface area (TPSA) is 160 Å². The molecule has 46 heavy (non-hydrogen) atoms. The zero-order chi connectivity index (χ0) is 35.3. The summed E-state index contributed by atoms with van der Waals surface area (Å²) in [6, 6.07) is 10.2. The van der Waals surface area contributed by atoms with Crippen LogP contribution in [-0.2, 0) is 29.8 Å². The smallest absolute Gasteiger partial charge is 0.404 e. The fourth-order valence-corrected chi connectivity index (χ4v) is 5.59. The molecule has 0 aliphatic rings. The SMILES string of the molecule is CN[C@H](C(=O)NC(C(=O)N(C)C/C=C(\C)C(=O)NS(=O)(=O)c1ccc(N)c(OC(F)(F)F)c1)C(C)(C)C)C(C)(C)c1ccccc1. The second kappa shape index (κ2) is 14.5. The number of nitrogen functional groups attached to an aromatic ring is 1. The quantitative estimate of drug-likeness (QED) is 0.198. The van der Waals surface area contributed by atoms with Crippen LogP contribution in [0.25, 0.3) is 0 Å². The number of nitrogens with zero attached hydrogens (tertiary/aromatic N) is 1. The maximum Gasteiger partial charge on any atom is 0.573 e. The van der Waals surface area contributed by atoms with E-state index in [9.17, 15) is 36.0 Å². The molecule has 254 valence electrons. The highest BCUT2D eigenvalue weighted by molar-refractivity contribution is 7.90. The van der Waals surface area contributed by atoms with Crippen molar-refractivity contribution >= 4 is 33.4 Å². The number of nitrogens with one attached hydrogen (secondary N) is 3. The van der Waals surface area contributed by atoms with Gasteiger partial charge < -0.3 is 26.0 Å². The van der Waals surface area contributed by atoms with Crippen molar-refractivity contribution in [3.63, 3.8) is 0 Å². The number of carbonyl (C=O) groups is 3. The third-order valence-corrected chi connectivity index (χ3v) is 8.67. The number of alkyl halides is 3. The Labute approximate surface area is 267 Å². The van der Waals surface area contributed by atoms with Gasteiger partial charge in [-0.15, -0.1) is 13.2 Å². The van der Waals surface area contributed by atoms with Gasteiger partial charge in [0.05, 0.1) is 16.6 Å². The second-order valence-electron chi connectivity index (χ2n) is 12.4. The molecule has 2 aromatic rings. The van der Waals surface area contributed by atoms with Crippen LogP contribution in [0.1, 0.15) is 47.1 Å². The number of sulfonamides is 1. The van der Waals surface area contributed by atoms with Crippen molar-refractivity contribution in [3.05, 3.63) is 65.7 Å². The summed E-state index contributed by atoms with van der Waals surface area (Å²) in [6.07, 6.45) is -3.81. The number of hydrogen-bond donors (Lipinski definition) is 4. The van der Waals surface area contributed by atoms with Gasteiger partial charge in [0.25, 0.3) is 15.9 Å². The van der Waals surface area contributed by atoms with Crippen molar-refractivity contribution in [2.24, 2.45) is 5.41 Å². The van der Waals surface area contributed by atoms with Gasteiger partial charge in [-0.3, -0.25) is 14.4 Å². The van der Waals surface area contributed by atoms with Gasteiger partial charge in [0.2, 0.25) is 11.8 Å². The number of ether oxygens (including phenoxy) is 1. The van der Waals surface area contributed by atoms with Gasteiger partial charge in [-0.05, 0) is 37.1 Å². The Balaban J connectivity index is 2.18. The van der Waals surface area contributed by atoms with Gasteiger partial charge in [0.15, 0.2) is 5.75 Å². The molecule has 0 radical (unpaired) electrons. The maximum atomic E-state index is 13.6. The average Bonchev–Trinajstić information content (AvgIpc) is 2.94. The number of rotatable bonds is 12. The van der Waals surface area contributed by atoms with Crippen molar-refractivity contribution < 1.29 is 40.7 Å². The van der Waals surface area contributed by atoms with Gasteiger partial charge in [-0.25, -0.2) is 13.1 Å². The molecule has 0 aromatic heterocycles. The lowest BCUT2D eigenvalue weighted by Crippen LogP contribution is -2.60. The number of amides is 3. The van der Waals surface area contributed by atoms with Crippen molar-refractivity contribution in [2.45, 2.75) is 70.3 Å². The Hall–Kier alpha value is -4.11. The van der Waals surface area contributed by atoms with Crippen LogP contribution in [0.2, 0.25) is 0 Å². The number of halogens is 3. The van der Waals surface area contributed by atoms with E-state index in [4.69, 9.17) is 5.73 Å². The molecule has 0 saturated heterocycles. The molecule has 0 bridgehead atoms. The number of benzene rings is 2. The lowest BCUT2D eigenvalue weighted by atomic mass is 9.76. The van der Waals surface area contributed by atoms with Crippen LogP contribution in [0.15, 0.2) is 65.1 Å². The predicted octanol–water partition coefficient (Wildman–Crippen LogP) is 3.47. The summed E-state index contributed by atoms with van der Waals surface area (Å²) in [7, 11) is -1.49. The minimum atomic E-state index is -5.12. The highest BCUT2D eigenvalue weighted by atomic mass is 32.2. The number of nitrogens with two attached hydrogens (primary N) is 1. The first-order valence-corrected chi connectivity index (χ1v) is 15.7. The summed E-state index contributed by atoms with van der Waals surface area (Å²) in [5.74, 6) is -2.86. The first-order valence-electron chi connectivity index (χ1n) is 14.2. The Morgan fingerprint density at radius 3 is 2.11 bits per heavy atom. The molecule has 3 amide bonds. The first-order chi connectivity index (χ1) is 21.0. The van der Waals surface area contributed by atoms with Crippen molar-refractivity contribution in [1.29, 1.82) is 0 Å². The number of anilines is 1. The van der Waals surface area contributed by atoms with Crippen molar-refractivity contribution in [1.82, 2.24) is 20.3 Å². The van der Waals surface area contributed by atoms with E-state index in [0.717, 1.165) is 17.7 Å².